The van der Waals surface area contributed by atoms with Gasteiger partial charge in [0.25, 0.3) is 0 Å². The molecule has 1 heterocycles. The van der Waals surface area contributed by atoms with E-state index in [0.717, 1.165) is 0 Å². The smallest absolute Gasteiger partial charge is 0.309 e. The summed E-state index contributed by atoms with van der Waals surface area (Å²) in [6.07, 6.45) is 0. The Morgan fingerprint density at radius 1 is 1.56 bits per heavy atom. The van der Waals surface area contributed by atoms with Crippen LogP contribution in [0.5, 0.6) is 0 Å². The fraction of sp³-hybridized carbons (Fsp3) is 0.583. The molecule has 0 bridgehead atoms. The Morgan fingerprint density at radius 3 is 2.88 bits per heavy atom. The number of ether oxygens (including phenoxy) is 1. The molecule has 90 valence electrons. The summed E-state index contributed by atoms with van der Waals surface area (Å²) in [6, 6.07) is 4.42. The van der Waals surface area contributed by atoms with Crippen molar-refractivity contribution in [1.29, 1.82) is 0 Å². The van der Waals surface area contributed by atoms with Crippen molar-refractivity contribution in [2.45, 2.75) is 26.8 Å². The molecule has 0 saturated carbocycles. The van der Waals surface area contributed by atoms with Crippen molar-refractivity contribution in [3.8, 4) is 0 Å². The van der Waals surface area contributed by atoms with Crippen LogP contribution in [0.15, 0.2) is 17.5 Å². The molecule has 0 amide bonds. The zero-order valence-corrected chi connectivity index (χ0v) is 10.8. The van der Waals surface area contributed by atoms with Crippen molar-refractivity contribution in [3.05, 3.63) is 22.4 Å². The van der Waals surface area contributed by atoms with E-state index in [1.807, 2.05) is 19.9 Å². The van der Waals surface area contributed by atoms with E-state index < -0.39 is 0 Å². The van der Waals surface area contributed by atoms with E-state index in [2.05, 4.69) is 23.7 Å². The van der Waals surface area contributed by atoms with Gasteiger partial charge < -0.3 is 10.1 Å². The van der Waals surface area contributed by atoms with E-state index in [-0.39, 0.29) is 17.9 Å². The SMILES string of the molecule is CCOC(=O)C(C)CNC(C)c1cccs1. The maximum Gasteiger partial charge on any atom is 0.309 e. The number of rotatable bonds is 6. The highest BCUT2D eigenvalue weighted by molar-refractivity contribution is 7.10. The van der Waals surface area contributed by atoms with E-state index in [4.69, 9.17) is 4.74 Å². The van der Waals surface area contributed by atoms with E-state index >= 15 is 0 Å². The lowest BCUT2D eigenvalue weighted by molar-refractivity contribution is -0.147. The molecule has 0 aromatic carbocycles. The molecule has 2 unspecified atom stereocenters. The maximum absolute atomic E-state index is 11.4. The monoisotopic (exact) mass is 241 g/mol. The highest BCUT2D eigenvalue weighted by atomic mass is 32.1. The Balaban J connectivity index is 2.31. The Kier molecular flexibility index (Phi) is 5.49. The quantitative estimate of drug-likeness (QED) is 0.778. The van der Waals surface area contributed by atoms with Gasteiger partial charge in [-0.1, -0.05) is 13.0 Å². The fourth-order valence-corrected chi connectivity index (χ4v) is 2.12. The van der Waals surface area contributed by atoms with E-state index in [1.165, 1.54) is 4.88 Å². The second-order valence-corrected chi connectivity index (χ2v) is 4.78. The number of carbonyl (C=O) groups is 1. The summed E-state index contributed by atoms with van der Waals surface area (Å²) in [5.74, 6) is -0.226. The lowest BCUT2D eigenvalue weighted by Crippen LogP contribution is -2.29. The van der Waals surface area contributed by atoms with Crippen LogP contribution in [0, 0.1) is 5.92 Å². The van der Waals surface area contributed by atoms with Gasteiger partial charge in [-0.05, 0) is 25.3 Å². The summed E-state index contributed by atoms with van der Waals surface area (Å²) < 4.78 is 4.95. The van der Waals surface area contributed by atoms with Gasteiger partial charge in [-0.2, -0.15) is 0 Å². The van der Waals surface area contributed by atoms with Gasteiger partial charge in [0.1, 0.15) is 0 Å². The van der Waals surface area contributed by atoms with Gasteiger partial charge in [-0.15, -0.1) is 11.3 Å². The molecule has 1 rings (SSSR count). The first kappa shape index (κ1) is 13.2. The normalized spacial score (nSPS) is 14.4. The summed E-state index contributed by atoms with van der Waals surface area (Å²) in [6.45, 7) is 6.91. The van der Waals surface area contributed by atoms with Gasteiger partial charge >= 0.3 is 5.97 Å². The van der Waals surface area contributed by atoms with Gasteiger partial charge in [0, 0.05) is 17.5 Å². The molecule has 0 radical (unpaired) electrons. The average molecular weight is 241 g/mol. The highest BCUT2D eigenvalue weighted by Gasteiger charge is 2.15. The first-order valence-corrected chi connectivity index (χ1v) is 6.46. The summed E-state index contributed by atoms with van der Waals surface area (Å²) in [5, 5.41) is 5.39. The molecule has 16 heavy (non-hydrogen) atoms. The van der Waals surface area contributed by atoms with E-state index in [1.54, 1.807) is 11.3 Å². The minimum atomic E-state index is -0.131. The number of hydrogen-bond donors (Lipinski definition) is 1. The summed E-state index contributed by atoms with van der Waals surface area (Å²) >= 11 is 1.72. The molecule has 1 N–H and O–H groups in total. The van der Waals surface area contributed by atoms with Crippen LogP contribution in [0.25, 0.3) is 0 Å². The fourth-order valence-electron chi connectivity index (χ4n) is 1.36. The largest absolute Gasteiger partial charge is 0.466 e. The van der Waals surface area contributed by atoms with Crippen LogP contribution in [0.2, 0.25) is 0 Å². The predicted molar refractivity (Wildman–Crippen MR) is 66.5 cm³/mol. The molecular weight excluding hydrogens is 222 g/mol. The van der Waals surface area contributed by atoms with Gasteiger partial charge in [-0.25, -0.2) is 0 Å². The third kappa shape index (κ3) is 3.94. The van der Waals surface area contributed by atoms with Crippen LogP contribution in [-0.4, -0.2) is 19.1 Å². The number of thiophene rings is 1. The average Bonchev–Trinajstić information content (AvgIpc) is 2.79. The zero-order chi connectivity index (χ0) is 12.0. The first-order chi connectivity index (χ1) is 7.65. The van der Waals surface area contributed by atoms with E-state index in [0.29, 0.717) is 13.2 Å². The second kappa shape index (κ2) is 6.66. The Hall–Kier alpha value is -0.870. The molecule has 0 aliphatic carbocycles. The van der Waals surface area contributed by atoms with Crippen LogP contribution in [0.4, 0.5) is 0 Å². The van der Waals surface area contributed by atoms with Crippen molar-refractivity contribution >= 4 is 17.3 Å². The number of nitrogens with one attached hydrogen (secondary N) is 1. The van der Waals surface area contributed by atoms with E-state index in [9.17, 15) is 4.79 Å². The topological polar surface area (TPSA) is 38.3 Å². The molecular formula is C12H19NO2S. The second-order valence-electron chi connectivity index (χ2n) is 3.80. The van der Waals surface area contributed by atoms with Crippen LogP contribution in [-0.2, 0) is 9.53 Å². The van der Waals surface area contributed by atoms with Gasteiger partial charge in [0.05, 0.1) is 12.5 Å². The summed E-state index contributed by atoms with van der Waals surface area (Å²) in [7, 11) is 0. The highest BCUT2D eigenvalue weighted by Crippen LogP contribution is 2.18. The van der Waals surface area contributed by atoms with Crippen molar-refractivity contribution in [1.82, 2.24) is 5.32 Å². The number of hydrogen-bond acceptors (Lipinski definition) is 4. The molecule has 1 aromatic rings. The zero-order valence-electron chi connectivity index (χ0n) is 10.0. The van der Waals surface area contributed by atoms with Crippen molar-refractivity contribution in [2.75, 3.05) is 13.2 Å². The van der Waals surface area contributed by atoms with Crippen molar-refractivity contribution in [2.24, 2.45) is 5.92 Å². The molecule has 0 saturated heterocycles. The Morgan fingerprint density at radius 2 is 2.31 bits per heavy atom. The molecule has 0 fully saturated rings. The molecule has 2 atom stereocenters. The summed E-state index contributed by atoms with van der Waals surface area (Å²) in [4.78, 5) is 12.7. The molecule has 4 heteroatoms. The first-order valence-electron chi connectivity index (χ1n) is 5.58. The predicted octanol–water partition coefficient (Wildman–Crippen LogP) is 2.60. The van der Waals surface area contributed by atoms with Crippen LogP contribution < -0.4 is 5.32 Å². The van der Waals surface area contributed by atoms with Crippen molar-refractivity contribution in [3.63, 3.8) is 0 Å². The lowest BCUT2D eigenvalue weighted by Gasteiger charge is -2.15. The third-order valence-corrected chi connectivity index (χ3v) is 3.44. The third-order valence-electron chi connectivity index (χ3n) is 2.39. The van der Waals surface area contributed by atoms with Crippen LogP contribution in [0.3, 0.4) is 0 Å². The summed E-state index contributed by atoms with van der Waals surface area (Å²) in [5.41, 5.74) is 0. The number of carbonyl (C=O) groups excluding carboxylic acids is 1. The van der Waals surface area contributed by atoms with Crippen LogP contribution in [0.1, 0.15) is 31.7 Å². The standard InChI is InChI=1S/C12H19NO2S/c1-4-15-12(14)9(2)8-13-10(3)11-6-5-7-16-11/h5-7,9-10,13H,4,8H2,1-3H3. The van der Waals surface area contributed by atoms with Gasteiger partial charge in [-0.3, -0.25) is 4.79 Å². The van der Waals surface area contributed by atoms with Crippen molar-refractivity contribution < 1.29 is 9.53 Å². The maximum atomic E-state index is 11.4. The molecule has 0 aliphatic rings. The minimum Gasteiger partial charge on any atom is -0.466 e. The minimum absolute atomic E-state index is 0.0950. The Labute approximate surface area is 101 Å². The van der Waals surface area contributed by atoms with Gasteiger partial charge in [0.15, 0.2) is 0 Å². The molecule has 1 aromatic heterocycles. The number of esters is 1. The molecule has 0 aliphatic heterocycles. The molecule has 3 nitrogen and oxygen atoms in total. The Bertz CT molecular complexity index is 311. The van der Waals surface area contributed by atoms with Gasteiger partial charge in [0.2, 0.25) is 0 Å². The lowest BCUT2D eigenvalue weighted by atomic mass is 10.1. The molecule has 0 spiro atoms. The van der Waals surface area contributed by atoms with Crippen LogP contribution >= 0.6 is 11.3 Å².